The first-order chi connectivity index (χ1) is 5.54. The molecule has 5 nitrogen and oxygen atoms in total. The zero-order valence-electron chi connectivity index (χ0n) is 6.98. The minimum Gasteiger partial charge on any atom is -0.480 e. The molecule has 5 heteroatoms. The number of allylic oxidation sites excluding steroid dienone is 1. The van der Waals surface area contributed by atoms with Gasteiger partial charge in [0, 0.05) is 13.2 Å². The fourth-order valence-electron chi connectivity index (χ4n) is 0.266. The van der Waals surface area contributed by atoms with Crippen molar-refractivity contribution in [3.8, 4) is 0 Å². The molecule has 0 fully saturated rings. The minimum atomic E-state index is -0.933. The summed E-state index contributed by atoms with van der Waals surface area (Å²) in [7, 11) is 1.34. The van der Waals surface area contributed by atoms with E-state index in [0.717, 1.165) is 6.08 Å². The number of carboxylic acids is 2. The Morgan fingerprint density at radius 3 is 1.92 bits per heavy atom. The van der Waals surface area contributed by atoms with Gasteiger partial charge in [-0.3, -0.25) is 0 Å². The molecule has 0 aromatic rings. The molecular weight excluding hydrogens is 164 g/mol. The summed E-state index contributed by atoms with van der Waals surface area (Å²) in [5.41, 5.74) is 0. The molecule has 0 aliphatic rings. The molecule has 0 heterocycles. The molecule has 0 amide bonds. The van der Waals surface area contributed by atoms with Gasteiger partial charge in [0.2, 0.25) is 0 Å². The Kier molecular flexibility index (Phi) is 10.6. The maximum atomic E-state index is 9.51. The molecule has 0 saturated heterocycles. The highest BCUT2D eigenvalue weighted by Crippen LogP contribution is 1.65. The highest BCUT2D eigenvalue weighted by molar-refractivity contribution is 5.79. The normalized spacial score (nSPS) is 8.83. The number of aliphatic carboxylic acids is 2. The van der Waals surface area contributed by atoms with Gasteiger partial charge in [0.05, 0.1) is 0 Å². The predicted octanol–water partition coefficient (Wildman–Crippen LogP) is 0.364. The van der Waals surface area contributed by atoms with Gasteiger partial charge in [0.25, 0.3) is 0 Å². The van der Waals surface area contributed by atoms with Gasteiger partial charge in [0.1, 0.15) is 6.61 Å². The van der Waals surface area contributed by atoms with Crippen molar-refractivity contribution in [3.05, 3.63) is 12.2 Å². The van der Waals surface area contributed by atoms with Crippen LogP contribution in [0.3, 0.4) is 0 Å². The summed E-state index contributed by atoms with van der Waals surface area (Å²) in [5.74, 6) is -1.82. The van der Waals surface area contributed by atoms with Crippen molar-refractivity contribution in [2.24, 2.45) is 0 Å². The van der Waals surface area contributed by atoms with Crippen LogP contribution in [-0.4, -0.2) is 35.9 Å². The number of carboxylic acid groups (broad SMARTS) is 2. The number of ether oxygens (including phenoxy) is 1. The van der Waals surface area contributed by atoms with E-state index in [2.05, 4.69) is 4.74 Å². The second-order valence-electron chi connectivity index (χ2n) is 1.66. The molecular formula is C7H12O5. The molecule has 0 bridgehead atoms. The van der Waals surface area contributed by atoms with Gasteiger partial charge in [-0.05, 0) is 6.92 Å². The van der Waals surface area contributed by atoms with Crippen LogP contribution in [0.15, 0.2) is 12.2 Å². The molecule has 0 spiro atoms. The third-order valence-electron chi connectivity index (χ3n) is 0.577. The highest BCUT2D eigenvalue weighted by atomic mass is 16.5. The molecule has 0 aromatic carbocycles. The van der Waals surface area contributed by atoms with Crippen LogP contribution in [0.5, 0.6) is 0 Å². The monoisotopic (exact) mass is 176 g/mol. The zero-order chi connectivity index (χ0) is 9.98. The van der Waals surface area contributed by atoms with E-state index in [9.17, 15) is 9.59 Å². The molecule has 0 aliphatic carbocycles. The van der Waals surface area contributed by atoms with Crippen LogP contribution >= 0.6 is 0 Å². The van der Waals surface area contributed by atoms with Crippen molar-refractivity contribution in [3.63, 3.8) is 0 Å². The van der Waals surface area contributed by atoms with E-state index in [1.54, 1.807) is 6.92 Å². The van der Waals surface area contributed by atoms with Gasteiger partial charge in [-0.2, -0.15) is 0 Å². The fourth-order valence-corrected chi connectivity index (χ4v) is 0.266. The molecule has 2 N–H and O–H groups in total. The van der Waals surface area contributed by atoms with E-state index in [1.165, 1.54) is 13.2 Å². The summed E-state index contributed by atoms with van der Waals surface area (Å²) in [5, 5.41) is 15.6. The molecule has 0 aromatic heterocycles. The first kappa shape index (κ1) is 13.2. The SMILES string of the molecule is CC=CC(=O)O.COCC(=O)O. The van der Waals surface area contributed by atoms with Crippen molar-refractivity contribution in [2.75, 3.05) is 13.7 Å². The summed E-state index contributed by atoms with van der Waals surface area (Å²) < 4.78 is 4.20. The Labute approximate surface area is 70.3 Å². The van der Waals surface area contributed by atoms with Crippen LogP contribution in [0, 0.1) is 0 Å². The second kappa shape index (κ2) is 9.64. The van der Waals surface area contributed by atoms with Crippen molar-refractivity contribution >= 4 is 11.9 Å². The molecule has 0 radical (unpaired) electrons. The van der Waals surface area contributed by atoms with Crippen molar-refractivity contribution in [2.45, 2.75) is 6.92 Å². The molecule has 0 aliphatic heterocycles. The lowest BCUT2D eigenvalue weighted by molar-refractivity contribution is -0.141. The summed E-state index contributed by atoms with van der Waals surface area (Å²) in [6, 6.07) is 0. The van der Waals surface area contributed by atoms with Gasteiger partial charge in [0.15, 0.2) is 0 Å². The van der Waals surface area contributed by atoms with E-state index in [4.69, 9.17) is 10.2 Å². The molecule has 0 unspecified atom stereocenters. The van der Waals surface area contributed by atoms with Gasteiger partial charge in [-0.15, -0.1) is 0 Å². The maximum absolute atomic E-state index is 9.51. The lowest BCUT2D eigenvalue weighted by atomic mass is 10.5. The highest BCUT2D eigenvalue weighted by Gasteiger charge is 1.87. The summed E-state index contributed by atoms with van der Waals surface area (Å²) >= 11 is 0. The standard InChI is InChI=1S/C4H6O2.C3H6O3/c1-2-3-4(5)6;1-6-2-3(4)5/h2-3H,1H3,(H,5,6);2H2,1H3,(H,4,5). The topological polar surface area (TPSA) is 83.8 Å². The lowest BCUT2D eigenvalue weighted by Crippen LogP contribution is -2.02. The van der Waals surface area contributed by atoms with E-state index >= 15 is 0 Å². The number of carbonyl (C=O) groups is 2. The summed E-state index contributed by atoms with van der Waals surface area (Å²) in [6.45, 7) is 1.45. The van der Waals surface area contributed by atoms with Gasteiger partial charge in [-0.1, -0.05) is 6.08 Å². The first-order valence-electron chi connectivity index (χ1n) is 3.11. The van der Waals surface area contributed by atoms with Gasteiger partial charge in [-0.25, -0.2) is 9.59 Å². The van der Waals surface area contributed by atoms with Crippen LogP contribution in [-0.2, 0) is 14.3 Å². The van der Waals surface area contributed by atoms with Crippen molar-refractivity contribution < 1.29 is 24.5 Å². The minimum absolute atomic E-state index is 0.208. The van der Waals surface area contributed by atoms with Crippen LogP contribution in [0.4, 0.5) is 0 Å². The van der Waals surface area contributed by atoms with E-state index in [1.807, 2.05) is 0 Å². The quantitative estimate of drug-likeness (QED) is 0.606. The molecule has 0 saturated carbocycles. The summed E-state index contributed by atoms with van der Waals surface area (Å²) in [6.07, 6.45) is 2.56. The van der Waals surface area contributed by atoms with E-state index in [-0.39, 0.29) is 6.61 Å². The number of methoxy groups -OCH3 is 1. The number of hydrogen-bond donors (Lipinski definition) is 2. The van der Waals surface area contributed by atoms with E-state index < -0.39 is 11.9 Å². The maximum Gasteiger partial charge on any atom is 0.329 e. The number of rotatable bonds is 3. The van der Waals surface area contributed by atoms with E-state index in [0.29, 0.717) is 0 Å². The Hall–Kier alpha value is -1.36. The predicted molar refractivity (Wildman–Crippen MR) is 42.0 cm³/mol. The Morgan fingerprint density at radius 2 is 1.92 bits per heavy atom. The number of hydrogen-bond acceptors (Lipinski definition) is 3. The van der Waals surface area contributed by atoms with Crippen LogP contribution in [0.1, 0.15) is 6.92 Å². The average molecular weight is 176 g/mol. The Morgan fingerprint density at radius 1 is 1.42 bits per heavy atom. The molecule has 70 valence electrons. The van der Waals surface area contributed by atoms with Crippen molar-refractivity contribution in [1.29, 1.82) is 0 Å². The first-order valence-corrected chi connectivity index (χ1v) is 3.11. The Balaban J connectivity index is 0. The van der Waals surface area contributed by atoms with Gasteiger partial charge >= 0.3 is 11.9 Å². The Bertz CT molecular complexity index is 161. The smallest absolute Gasteiger partial charge is 0.329 e. The average Bonchev–Trinajstić information content (AvgIpc) is 1.87. The van der Waals surface area contributed by atoms with Crippen LogP contribution in [0.25, 0.3) is 0 Å². The fraction of sp³-hybridized carbons (Fsp3) is 0.429. The molecule has 0 atom stereocenters. The van der Waals surface area contributed by atoms with Gasteiger partial charge < -0.3 is 14.9 Å². The molecule has 12 heavy (non-hydrogen) atoms. The second-order valence-corrected chi connectivity index (χ2v) is 1.66. The molecule has 0 rings (SSSR count). The van der Waals surface area contributed by atoms with Crippen molar-refractivity contribution in [1.82, 2.24) is 0 Å². The zero-order valence-corrected chi connectivity index (χ0v) is 6.98. The van der Waals surface area contributed by atoms with Crippen LogP contribution in [0.2, 0.25) is 0 Å². The third kappa shape index (κ3) is 23.4. The third-order valence-corrected chi connectivity index (χ3v) is 0.577. The largest absolute Gasteiger partial charge is 0.480 e. The summed E-state index contributed by atoms with van der Waals surface area (Å²) in [4.78, 5) is 19.0. The van der Waals surface area contributed by atoms with Crippen LogP contribution < -0.4 is 0 Å². The lowest BCUT2D eigenvalue weighted by Gasteiger charge is -1.83.